The zero-order valence-electron chi connectivity index (χ0n) is 3.90. The Morgan fingerprint density at radius 1 is 1.86 bits per heavy atom. The quantitative estimate of drug-likeness (QED) is 0.514. The molecule has 0 saturated carbocycles. The lowest BCUT2D eigenvalue weighted by Gasteiger charge is -1.67. The highest BCUT2D eigenvalue weighted by molar-refractivity contribution is 4.94. The van der Waals surface area contributed by atoms with Crippen molar-refractivity contribution in [2.45, 2.75) is 6.92 Å². The molecule has 1 aromatic heterocycles. The molecule has 1 aromatic rings. The van der Waals surface area contributed by atoms with Crippen molar-refractivity contribution >= 4 is 0 Å². The van der Waals surface area contributed by atoms with Crippen LogP contribution in [0.2, 0.25) is 0 Å². The summed E-state index contributed by atoms with van der Waals surface area (Å²) >= 11 is 0. The van der Waals surface area contributed by atoms with Crippen LogP contribution >= 0.6 is 0 Å². The Hall–Kier alpha value is -0.860. The van der Waals surface area contributed by atoms with Gasteiger partial charge in [-0.3, -0.25) is 5.10 Å². The fourth-order valence-corrected chi connectivity index (χ4v) is 0.385. The number of rotatable bonds is 0. The molecule has 0 bridgehead atoms. The second-order valence-corrected chi connectivity index (χ2v) is 1.37. The molecule has 7 heavy (non-hydrogen) atoms. The van der Waals surface area contributed by atoms with Crippen molar-refractivity contribution in [3.63, 3.8) is 0 Å². The summed E-state index contributed by atoms with van der Waals surface area (Å²) in [5, 5.41) is 5.67. The van der Waals surface area contributed by atoms with Crippen molar-refractivity contribution in [2.24, 2.45) is 0 Å². The molecule has 0 aromatic carbocycles. The first kappa shape index (κ1) is 4.30. The SMILES string of the molecule is Cc1cc(F)n[nH]1. The molecule has 0 unspecified atom stereocenters. The van der Waals surface area contributed by atoms with Gasteiger partial charge in [-0.05, 0) is 6.92 Å². The van der Waals surface area contributed by atoms with Gasteiger partial charge in [0.05, 0.1) is 0 Å². The number of hydrogen-bond donors (Lipinski definition) is 1. The van der Waals surface area contributed by atoms with Gasteiger partial charge < -0.3 is 0 Å². The molecule has 0 aliphatic carbocycles. The monoisotopic (exact) mass is 100 g/mol. The van der Waals surface area contributed by atoms with E-state index < -0.39 is 5.95 Å². The number of H-pyrrole nitrogens is 1. The maximum atomic E-state index is 11.8. The molecule has 0 spiro atoms. The van der Waals surface area contributed by atoms with Gasteiger partial charge in [0.1, 0.15) is 0 Å². The number of nitrogens with one attached hydrogen (secondary N) is 1. The Kier molecular flexibility index (Phi) is 0.817. The van der Waals surface area contributed by atoms with Crippen LogP contribution in [0.25, 0.3) is 0 Å². The van der Waals surface area contributed by atoms with Crippen LogP contribution in [-0.4, -0.2) is 10.2 Å². The van der Waals surface area contributed by atoms with Gasteiger partial charge in [0.2, 0.25) is 5.95 Å². The number of aromatic amines is 1. The minimum Gasteiger partial charge on any atom is -0.280 e. The number of aromatic nitrogens is 2. The Balaban J connectivity index is 3.04. The highest BCUT2D eigenvalue weighted by atomic mass is 19.1. The van der Waals surface area contributed by atoms with E-state index in [1.807, 2.05) is 0 Å². The van der Waals surface area contributed by atoms with Gasteiger partial charge in [-0.2, -0.15) is 4.39 Å². The van der Waals surface area contributed by atoms with Crippen LogP contribution in [0.4, 0.5) is 4.39 Å². The molecule has 1 rings (SSSR count). The van der Waals surface area contributed by atoms with E-state index in [1.165, 1.54) is 6.07 Å². The van der Waals surface area contributed by atoms with E-state index in [2.05, 4.69) is 10.2 Å². The number of nitrogens with zero attached hydrogens (tertiary/aromatic N) is 1. The molecule has 0 radical (unpaired) electrons. The molecular formula is C4H5FN2. The van der Waals surface area contributed by atoms with E-state index in [9.17, 15) is 4.39 Å². The third kappa shape index (κ3) is 0.765. The molecular weight excluding hydrogens is 95.1 g/mol. The summed E-state index contributed by atoms with van der Waals surface area (Å²) < 4.78 is 11.8. The van der Waals surface area contributed by atoms with Gasteiger partial charge in [0, 0.05) is 11.8 Å². The third-order valence-corrected chi connectivity index (χ3v) is 0.675. The molecule has 0 aliphatic heterocycles. The topological polar surface area (TPSA) is 28.7 Å². The molecule has 0 atom stereocenters. The lowest BCUT2D eigenvalue weighted by molar-refractivity contribution is 0.579. The molecule has 0 saturated heterocycles. The van der Waals surface area contributed by atoms with E-state index >= 15 is 0 Å². The van der Waals surface area contributed by atoms with Crippen LogP contribution in [0, 0.1) is 12.9 Å². The van der Waals surface area contributed by atoms with Gasteiger partial charge in [0.15, 0.2) is 0 Å². The van der Waals surface area contributed by atoms with E-state index in [0.29, 0.717) is 0 Å². The fraction of sp³-hybridized carbons (Fsp3) is 0.250. The molecule has 0 aliphatic rings. The Morgan fingerprint density at radius 2 is 2.57 bits per heavy atom. The summed E-state index contributed by atoms with van der Waals surface area (Å²) in [6.45, 7) is 1.75. The fourth-order valence-electron chi connectivity index (χ4n) is 0.385. The van der Waals surface area contributed by atoms with Crippen molar-refractivity contribution in [3.8, 4) is 0 Å². The number of hydrogen-bond acceptors (Lipinski definition) is 1. The third-order valence-electron chi connectivity index (χ3n) is 0.675. The molecule has 1 heterocycles. The zero-order chi connectivity index (χ0) is 5.28. The summed E-state index contributed by atoms with van der Waals surface area (Å²) in [5.41, 5.74) is 0.748. The second-order valence-electron chi connectivity index (χ2n) is 1.37. The summed E-state index contributed by atoms with van der Waals surface area (Å²) in [6.07, 6.45) is 0. The average Bonchev–Trinajstić information content (AvgIpc) is 1.87. The van der Waals surface area contributed by atoms with E-state index in [4.69, 9.17) is 0 Å². The van der Waals surface area contributed by atoms with Gasteiger partial charge in [-0.15, -0.1) is 5.10 Å². The Labute approximate surface area is 40.4 Å². The highest BCUT2D eigenvalue weighted by Crippen LogP contribution is 1.91. The molecule has 1 N–H and O–H groups in total. The van der Waals surface area contributed by atoms with Crippen LogP contribution < -0.4 is 0 Å². The maximum Gasteiger partial charge on any atom is 0.232 e. The van der Waals surface area contributed by atoms with Crippen molar-refractivity contribution in [1.29, 1.82) is 0 Å². The zero-order valence-corrected chi connectivity index (χ0v) is 3.90. The van der Waals surface area contributed by atoms with Gasteiger partial charge in [-0.25, -0.2) is 0 Å². The van der Waals surface area contributed by atoms with E-state index in [1.54, 1.807) is 6.92 Å². The summed E-state index contributed by atoms with van der Waals surface area (Å²) in [4.78, 5) is 0. The molecule has 2 nitrogen and oxygen atoms in total. The average molecular weight is 100 g/mol. The highest BCUT2D eigenvalue weighted by Gasteiger charge is 1.89. The van der Waals surface area contributed by atoms with Crippen molar-refractivity contribution in [3.05, 3.63) is 17.7 Å². The summed E-state index contributed by atoms with van der Waals surface area (Å²) in [5.74, 6) is -0.447. The van der Waals surface area contributed by atoms with Crippen LogP contribution in [0.15, 0.2) is 6.07 Å². The normalized spacial score (nSPS) is 9.43. The summed E-state index contributed by atoms with van der Waals surface area (Å²) in [6, 6.07) is 1.33. The summed E-state index contributed by atoms with van der Waals surface area (Å²) in [7, 11) is 0. The second kappa shape index (κ2) is 1.33. The maximum absolute atomic E-state index is 11.8. The van der Waals surface area contributed by atoms with Crippen LogP contribution in [0.3, 0.4) is 0 Å². The van der Waals surface area contributed by atoms with E-state index in [0.717, 1.165) is 5.69 Å². The first-order valence-electron chi connectivity index (χ1n) is 1.96. The lowest BCUT2D eigenvalue weighted by atomic mass is 10.5. The lowest BCUT2D eigenvalue weighted by Crippen LogP contribution is -1.68. The Morgan fingerprint density at radius 3 is 2.71 bits per heavy atom. The van der Waals surface area contributed by atoms with Crippen molar-refractivity contribution in [2.75, 3.05) is 0 Å². The Bertz CT molecular complexity index is 142. The van der Waals surface area contributed by atoms with Crippen molar-refractivity contribution in [1.82, 2.24) is 10.2 Å². The number of halogens is 1. The van der Waals surface area contributed by atoms with Crippen LogP contribution in [0.1, 0.15) is 5.69 Å². The van der Waals surface area contributed by atoms with Gasteiger partial charge in [0.25, 0.3) is 0 Å². The molecule has 38 valence electrons. The predicted molar refractivity (Wildman–Crippen MR) is 23.3 cm³/mol. The minimum absolute atomic E-state index is 0.447. The predicted octanol–water partition coefficient (Wildman–Crippen LogP) is 0.857. The molecule has 3 heteroatoms. The molecule has 0 fully saturated rings. The van der Waals surface area contributed by atoms with Crippen LogP contribution in [-0.2, 0) is 0 Å². The smallest absolute Gasteiger partial charge is 0.232 e. The van der Waals surface area contributed by atoms with E-state index in [-0.39, 0.29) is 0 Å². The minimum atomic E-state index is -0.447. The molecule has 0 amide bonds. The first-order valence-corrected chi connectivity index (χ1v) is 1.96. The number of aryl methyl sites for hydroxylation is 1. The largest absolute Gasteiger partial charge is 0.280 e. The van der Waals surface area contributed by atoms with Crippen LogP contribution in [0.5, 0.6) is 0 Å². The van der Waals surface area contributed by atoms with Crippen molar-refractivity contribution < 1.29 is 4.39 Å². The van der Waals surface area contributed by atoms with Gasteiger partial charge >= 0.3 is 0 Å². The van der Waals surface area contributed by atoms with Gasteiger partial charge in [-0.1, -0.05) is 0 Å². The standard InChI is InChI=1S/C4H5FN2/c1-3-2-4(5)7-6-3/h2H,1H3,(H,6,7). The first-order chi connectivity index (χ1) is 3.29.